The number of benzene rings is 5. The first kappa shape index (κ1) is 36.2. The van der Waals surface area contributed by atoms with E-state index >= 15 is 0 Å². The molecular weight excluding hydrogens is 827 g/mol. The minimum absolute atomic E-state index is 0. The summed E-state index contributed by atoms with van der Waals surface area (Å²) in [5.41, 5.74) is 13.3. The Morgan fingerprint density at radius 3 is 1.87 bits per heavy atom. The van der Waals surface area contributed by atoms with Crippen LogP contribution in [-0.4, -0.2) is 24.1 Å². The number of para-hydroxylation sites is 4. The molecular formula is C47H42IrN5. The minimum Gasteiger partial charge on any atom is -0.367 e. The van der Waals surface area contributed by atoms with Gasteiger partial charge in [0.25, 0.3) is 0 Å². The third kappa shape index (κ3) is 6.90. The maximum atomic E-state index is 4.68. The van der Waals surface area contributed by atoms with Gasteiger partial charge in [-0.3, -0.25) is 9.97 Å². The van der Waals surface area contributed by atoms with Gasteiger partial charge in [-0.1, -0.05) is 51.1 Å². The molecule has 6 heteroatoms. The van der Waals surface area contributed by atoms with Gasteiger partial charge < -0.3 is 14.1 Å². The zero-order valence-corrected chi connectivity index (χ0v) is 33.2. The number of hydrogen-bond donors (Lipinski definition) is 0. The molecule has 0 aliphatic heterocycles. The number of imidazole rings is 2. The van der Waals surface area contributed by atoms with Crippen LogP contribution in [0.25, 0.3) is 56.1 Å². The third-order valence-electron chi connectivity index (χ3n) is 11.1. The summed E-state index contributed by atoms with van der Waals surface area (Å²) in [6.45, 7) is 6.91. The molecule has 1 saturated carbocycles. The second-order valence-electron chi connectivity index (χ2n) is 14.5. The Kier molecular flexibility index (Phi) is 10.3. The predicted molar refractivity (Wildman–Crippen MR) is 212 cm³/mol. The van der Waals surface area contributed by atoms with Crippen molar-refractivity contribution < 1.29 is 20.1 Å². The van der Waals surface area contributed by atoms with Crippen LogP contribution in [0.1, 0.15) is 42.9 Å². The summed E-state index contributed by atoms with van der Waals surface area (Å²) in [5.74, 6) is 3.52. The summed E-state index contributed by atoms with van der Waals surface area (Å²) in [6, 6.07) is 50.4. The topological polar surface area (TPSA) is 48.5 Å². The fraction of sp³-hybridized carbons (Fsp3) is 0.213. The van der Waals surface area contributed by atoms with Gasteiger partial charge in [-0.15, -0.1) is 107 Å². The molecule has 0 spiro atoms. The molecule has 1 fully saturated rings. The molecule has 2 unspecified atom stereocenters. The maximum Gasteiger partial charge on any atom is 3.00 e. The molecule has 8 aromatic rings. The van der Waals surface area contributed by atoms with Crippen molar-refractivity contribution in [1.82, 2.24) is 24.1 Å². The number of nitrogens with zero attached hydrogens (tertiary/aromatic N) is 5. The number of aromatic nitrogens is 5. The average molecular weight is 869 g/mol. The average Bonchev–Trinajstić information content (AvgIpc) is 3.71. The number of aryl methyl sites for hydroxylation is 3. The first-order valence-corrected chi connectivity index (χ1v) is 18.0. The van der Waals surface area contributed by atoms with Crippen LogP contribution in [0.15, 0.2) is 128 Å². The molecule has 11 rings (SSSR count). The zero-order valence-electron chi connectivity index (χ0n) is 30.8. The third-order valence-corrected chi connectivity index (χ3v) is 11.1. The smallest absolute Gasteiger partial charge is 0.367 e. The first-order valence-electron chi connectivity index (χ1n) is 18.0. The quantitative estimate of drug-likeness (QED) is 0.166. The van der Waals surface area contributed by atoms with E-state index in [-0.39, 0.29) is 20.1 Å². The van der Waals surface area contributed by atoms with Crippen LogP contribution >= 0.6 is 0 Å². The van der Waals surface area contributed by atoms with Crippen LogP contribution in [0.5, 0.6) is 0 Å². The van der Waals surface area contributed by atoms with E-state index in [1.165, 1.54) is 29.5 Å². The maximum absolute atomic E-state index is 4.68. The van der Waals surface area contributed by atoms with Crippen LogP contribution in [0.3, 0.4) is 0 Å². The van der Waals surface area contributed by atoms with E-state index in [1.807, 2.05) is 105 Å². The standard InChI is InChI=1S/C18H18N.C15H13N2.C14H11N2.Ir/c1-18(2)14-8-13-9-17(12-6-4-3-5-7-12)19-11-15(13)16(18)10-14;1-11-7-3-4-8-12(11)15-16-13-9-5-6-10-14(13)17(15)2;1-16-13-10-6-5-9-12(13)15-14(16)11-7-3-2-4-8-11;/h3-6,9,11,14,16H,8,10H2,1-2H3;3-7,9-10H,1-2H3;2-7,9-10H,1H3;/q3*-1;+3. The summed E-state index contributed by atoms with van der Waals surface area (Å²) >= 11 is 0. The van der Waals surface area contributed by atoms with Crippen molar-refractivity contribution in [1.29, 1.82) is 0 Å². The largest absolute Gasteiger partial charge is 3.00 e. The fourth-order valence-corrected chi connectivity index (χ4v) is 7.90. The number of pyridine rings is 1. The molecule has 264 valence electrons. The van der Waals surface area contributed by atoms with Gasteiger partial charge in [0.1, 0.15) is 0 Å². The van der Waals surface area contributed by atoms with Crippen molar-refractivity contribution >= 4 is 22.1 Å². The molecule has 0 N–H and O–H groups in total. The van der Waals surface area contributed by atoms with Crippen molar-refractivity contribution in [2.45, 2.75) is 39.5 Å². The second kappa shape index (κ2) is 15.1. The summed E-state index contributed by atoms with van der Waals surface area (Å²) < 4.78 is 4.22. The minimum atomic E-state index is 0. The molecule has 2 bridgehead atoms. The van der Waals surface area contributed by atoms with Gasteiger partial charge in [0.15, 0.2) is 0 Å². The van der Waals surface area contributed by atoms with Crippen LogP contribution in [0.4, 0.5) is 0 Å². The van der Waals surface area contributed by atoms with E-state index < -0.39 is 0 Å². The molecule has 5 aromatic carbocycles. The summed E-state index contributed by atoms with van der Waals surface area (Å²) in [6.07, 6.45) is 4.70. The number of rotatable bonds is 3. The molecule has 5 nitrogen and oxygen atoms in total. The van der Waals surface area contributed by atoms with Gasteiger partial charge >= 0.3 is 20.1 Å². The van der Waals surface area contributed by atoms with Crippen molar-refractivity contribution in [2.24, 2.45) is 25.4 Å². The predicted octanol–water partition coefficient (Wildman–Crippen LogP) is 10.6. The summed E-state index contributed by atoms with van der Waals surface area (Å²) in [5, 5.41) is 0. The molecule has 3 aliphatic carbocycles. The fourth-order valence-electron chi connectivity index (χ4n) is 7.90. The van der Waals surface area contributed by atoms with E-state index in [4.69, 9.17) is 0 Å². The first-order chi connectivity index (χ1) is 25.3. The molecule has 3 aliphatic rings. The van der Waals surface area contributed by atoms with Gasteiger partial charge in [-0.2, -0.15) is 0 Å². The monoisotopic (exact) mass is 869 g/mol. The van der Waals surface area contributed by atoms with E-state index in [1.54, 1.807) is 0 Å². The molecule has 0 amide bonds. The van der Waals surface area contributed by atoms with Crippen molar-refractivity contribution in [2.75, 3.05) is 0 Å². The van der Waals surface area contributed by atoms with Crippen molar-refractivity contribution in [3.8, 4) is 34.0 Å². The molecule has 3 aromatic heterocycles. The van der Waals surface area contributed by atoms with Gasteiger partial charge in [0, 0.05) is 20.3 Å². The summed E-state index contributed by atoms with van der Waals surface area (Å²) in [7, 11) is 4.08. The Labute approximate surface area is 326 Å². The Balaban J connectivity index is 0.000000123. The SMILES string of the molecule is CC1(C)C2Cc3cc(-c4[c-]cccc4)ncc3C1C2.Cc1ccc[c-]c1-c1nc2ccccc2n1C.Cn1c(-c2[c-]cccc2)nc2ccccc21.[Ir+3]. The Morgan fingerprint density at radius 1 is 0.679 bits per heavy atom. The van der Waals surface area contributed by atoms with Gasteiger partial charge in [0.05, 0.1) is 33.7 Å². The van der Waals surface area contributed by atoms with Crippen LogP contribution in [0, 0.1) is 36.5 Å². The van der Waals surface area contributed by atoms with E-state index in [2.05, 4.69) is 99.6 Å². The van der Waals surface area contributed by atoms with Crippen LogP contribution in [-0.2, 0) is 40.6 Å². The molecule has 53 heavy (non-hydrogen) atoms. The van der Waals surface area contributed by atoms with Crippen molar-refractivity contribution in [3.63, 3.8) is 0 Å². The number of fused-ring (bicyclic) bond motifs is 2. The van der Waals surface area contributed by atoms with Crippen LogP contribution < -0.4 is 0 Å². The van der Waals surface area contributed by atoms with E-state index in [9.17, 15) is 0 Å². The summed E-state index contributed by atoms with van der Waals surface area (Å²) in [4.78, 5) is 14.0. The number of hydrogen-bond acceptors (Lipinski definition) is 3. The van der Waals surface area contributed by atoms with Crippen molar-refractivity contribution in [3.05, 3.63) is 162 Å². The van der Waals surface area contributed by atoms with Crippen LogP contribution in [0.2, 0.25) is 0 Å². The molecule has 0 radical (unpaired) electrons. The Bertz CT molecular complexity index is 2500. The normalized spacial score (nSPS) is 16.2. The van der Waals surface area contributed by atoms with Gasteiger partial charge in [-0.05, 0) is 71.2 Å². The molecule has 2 atom stereocenters. The zero-order chi connectivity index (χ0) is 35.8. The van der Waals surface area contributed by atoms with Gasteiger partial charge in [-0.25, -0.2) is 0 Å². The molecule has 3 heterocycles. The Morgan fingerprint density at radius 2 is 1.26 bits per heavy atom. The van der Waals surface area contributed by atoms with Gasteiger partial charge in [0.2, 0.25) is 0 Å². The second-order valence-corrected chi connectivity index (χ2v) is 14.5. The Hall–Kier alpha value is -5.16. The van der Waals surface area contributed by atoms with E-state index in [0.29, 0.717) is 5.41 Å². The van der Waals surface area contributed by atoms with E-state index in [0.717, 1.165) is 67.9 Å². The molecule has 0 saturated heterocycles.